The fourth-order valence-corrected chi connectivity index (χ4v) is 3.72. The summed E-state index contributed by atoms with van der Waals surface area (Å²) < 4.78 is 20.7. The lowest BCUT2D eigenvalue weighted by atomic mass is 9.90. The lowest BCUT2D eigenvalue weighted by Gasteiger charge is -2.27. The second-order valence-corrected chi connectivity index (χ2v) is 9.10. The molecule has 0 spiro atoms. The van der Waals surface area contributed by atoms with Crippen molar-refractivity contribution in [3.05, 3.63) is 36.2 Å². The van der Waals surface area contributed by atoms with Crippen LogP contribution in [0.25, 0.3) is 17.3 Å². The molecule has 3 N–H and O–H groups in total. The molecule has 0 aromatic carbocycles. The van der Waals surface area contributed by atoms with Crippen LogP contribution in [0.2, 0.25) is 0 Å². The summed E-state index contributed by atoms with van der Waals surface area (Å²) in [6, 6.07) is 3.47. The van der Waals surface area contributed by atoms with Crippen LogP contribution in [-0.4, -0.2) is 62.0 Å². The van der Waals surface area contributed by atoms with Gasteiger partial charge in [-0.2, -0.15) is 15.2 Å². The fraction of sp³-hybridized carbons (Fsp3) is 0.478. The van der Waals surface area contributed by atoms with Crippen LogP contribution < -0.4 is 15.8 Å². The predicted octanol–water partition coefficient (Wildman–Crippen LogP) is 2.48. The number of anilines is 2. The normalized spacial score (nSPS) is 18.6. The van der Waals surface area contributed by atoms with E-state index in [2.05, 4.69) is 39.3 Å². The first kappa shape index (κ1) is 23.6. The van der Waals surface area contributed by atoms with Crippen molar-refractivity contribution in [3.8, 4) is 17.4 Å². The van der Waals surface area contributed by atoms with Gasteiger partial charge in [-0.3, -0.25) is 9.36 Å². The summed E-state index contributed by atoms with van der Waals surface area (Å²) in [6.07, 6.45) is 5.26. The zero-order chi connectivity index (χ0) is 24.5. The first-order valence-corrected chi connectivity index (χ1v) is 11.1. The topological polar surface area (TPSA) is 127 Å². The number of nitrogens with one attached hydrogen (secondary N) is 1. The summed E-state index contributed by atoms with van der Waals surface area (Å²) in [5.41, 5.74) is 7.55. The highest BCUT2D eigenvalue weighted by Crippen LogP contribution is 2.35. The molecular weight excluding hydrogens is 436 g/mol. The Hall–Kier alpha value is -3.60. The summed E-state index contributed by atoms with van der Waals surface area (Å²) in [6.45, 7) is 7.47. The number of aromatic nitrogens is 6. The molecule has 2 atom stereocenters. The summed E-state index contributed by atoms with van der Waals surface area (Å²) in [7, 11) is 5.23. The molecule has 0 bridgehead atoms. The van der Waals surface area contributed by atoms with Gasteiger partial charge in [0.2, 0.25) is 5.88 Å². The number of methoxy groups -OCH3 is 1. The number of aryl methyl sites for hydroxylation is 2. The molecule has 0 aliphatic carbocycles. The van der Waals surface area contributed by atoms with E-state index in [0.29, 0.717) is 42.2 Å². The largest absolute Gasteiger partial charge is 0.487 e. The van der Waals surface area contributed by atoms with Crippen molar-refractivity contribution < 1.29 is 14.2 Å². The molecule has 0 saturated carbocycles. The Kier molecular flexibility index (Phi) is 6.47. The molecule has 182 valence electrons. The van der Waals surface area contributed by atoms with Crippen molar-refractivity contribution in [1.29, 1.82) is 0 Å². The van der Waals surface area contributed by atoms with Crippen molar-refractivity contribution in [2.75, 3.05) is 31.4 Å². The summed E-state index contributed by atoms with van der Waals surface area (Å²) in [5.74, 6) is 2.96. The van der Waals surface area contributed by atoms with Gasteiger partial charge >= 0.3 is 0 Å². The zero-order valence-corrected chi connectivity index (χ0v) is 20.4. The van der Waals surface area contributed by atoms with Gasteiger partial charge in [0.25, 0.3) is 0 Å². The molecular formula is C23H32N8O3. The third kappa shape index (κ3) is 4.84. The van der Waals surface area contributed by atoms with E-state index < -0.39 is 0 Å². The number of hydrogen-bond acceptors (Lipinski definition) is 9. The number of nitrogens with zero attached hydrogens (tertiary/aromatic N) is 6. The van der Waals surface area contributed by atoms with Crippen molar-refractivity contribution in [3.63, 3.8) is 0 Å². The third-order valence-corrected chi connectivity index (χ3v) is 5.86. The van der Waals surface area contributed by atoms with E-state index in [4.69, 9.17) is 19.9 Å². The molecule has 4 rings (SSSR count). The van der Waals surface area contributed by atoms with Crippen LogP contribution in [-0.2, 0) is 23.6 Å². The van der Waals surface area contributed by atoms with E-state index in [0.717, 1.165) is 11.4 Å². The smallest absolute Gasteiger partial charge is 0.216 e. The number of rotatable bonds is 8. The molecule has 3 aromatic heterocycles. The van der Waals surface area contributed by atoms with Crippen LogP contribution in [0.4, 0.5) is 11.6 Å². The van der Waals surface area contributed by atoms with Crippen molar-refractivity contribution in [1.82, 2.24) is 29.5 Å². The van der Waals surface area contributed by atoms with E-state index in [1.807, 2.05) is 26.1 Å². The Morgan fingerprint density at radius 2 is 2.15 bits per heavy atom. The van der Waals surface area contributed by atoms with Gasteiger partial charge in [-0.05, 0) is 13.0 Å². The third-order valence-electron chi connectivity index (χ3n) is 5.86. The first-order valence-electron chi connectivity index (χ1n) is 11.1. The molecule has 4 heterocycles. The standard InChI is InChI=1S/C23H32N8O3/c1-14(27-19-10-16(29-30(19)4)22-25-8-7-20(28-22)32-6)9-17(15-11-26-31(5)21(15)24)34-18-12-33-13-23(18,2)3/h7-11,14,18,27H,12-13,24H2,1-6H3/b17-9+/t14?,18-/m1/s1. The molecule has 34 heavy (non-hydrogen) atoms. The molecule has 0 amide bonds. The maximum Gasteiger partial charge on any atom is 0.216 e. The Morgan fingerprint density at radius 3 is 2.79 bits per heavy atom. The average Bonchev–Trinajstić information content (AvgIpc) is 3.45. The minimum absolute atomic E-state index is 0.0981. The fourth-order valence-electron chi connectivity index (χ4n) is 3.72. The zero-order valence-electron chi connectivity index (χ0n) is 20.4. The number of nitrogens with two attached hydrogens (primary N) is 1. The number of nitrogen functional groups attached to an aromatic ring is 1. The summed E-state index contributed by atoms with van der Waals surface area (Å²) >= 11 is 0. The lowest BCUT2D eigenvalue weighted by Crippen LogP contribution is -2.30. The Bertz CT molecular complexity index is 1180. The van der Waals surface area contributed by atoms with E-state index in [9.17, 15) is 0 Å². The second kappa shape index (κ2) is 9.34. The van der Waals surface area contributed by atoms with Gasteiger partial charge in [-0.1, -0.05) is 13.8 Å². The highest BCUT2D eigenvalue weighted by Gasteiger charge is 2.38. The van der Waals surface area contributed by atoms with Gasteiger partial charge in [0.1, 0.15) is 29.2 Å². The lowest BCUT2D eigenvalue weighted by molar-refractivity contribution is 0.0888. The molecule has 11 nitrogen and oxygen atoms in total. The highest BCUT2D eigenvalue weighted by atomic mass is 16.6. The van der Waals surface area contributed by atoms with Gasteiger partial charge in [0, 0.05) is 43.9 Å². The van der Waals surface area contributed by atoms with Crippen LogP contribution in [0, 0.1) is 5.41 Å². The summed E-state index contributed by atoms with van der Waals surface area (Å²) in [5, 5.41) is 12.3. The molecule has 1 aliphatic rings. The summed E-state index contributed by atoms with van der Waals surface area (Å²) in [4.78, 5) is 8.66. The van der Waals surface area contributed by atoms with E-state index in [1.54, 1.807) is 42.0 Å². The van der Waals surface area contributed by atoms with Crippen LogP contribution in [0.5, 0.6) is 5.88 Å². The van der Waals surface area contributed by atoms with Crippen LogP contribution in [0.15, 0.2) is 30.6 Å². The molecule has 1 saturated heterocycles. The van der Waals surface area contributed by atoms with E-state index >= 15 is 0 Å². The monoisotopic (exact) mass is 468 g/mol. The van der Waals surface area contributed by atoms with Gasteiger partial charge in [-0.15, -0.1) is 0 Å². The average molecular weight is 469 g/mol. The highest BCUT2D eigenvalue weighted by molar-refractivity contribution is 5.69. The van der Waals surface area contributed by atoms with Crippen molar-refractivity contribution in [2.24, 2.45) is 19.5 Å². The first-order chi connectivity index (χ1) is 16.2. The van der Waals surface area contributed by atoms with Gasteiger partial charge in [0.05, 0.1) is 32.1 Å². The maximum absolute atomic E-state index is 6.45. The Balaban J connectivity index is 1.59. The molecule has 1 unspecified atom stereocenters. The predicted molar refractivity (Wildman–Crippen MR) is 129 cm³/mol. The Labute approximate surface area is 198 Å². The molecule has 1 aliphatic heterocycles. The van der Waals surface area contributed by atoms with Crippen molar-refractivity contribution >= 4 is 17.4 Å². The maximum atomic E-state index is 6.45. The van der Waals surface area contributed by atoms with Gasteiger partial charge in [0.15, 0.2) is 5.82 Å². The molecule has 11 heteroatoms. The second-order valence-electron chi connectivity index (χ2n) is 9.10. The minimum atomic E-state index is -0.116. The number of ether oxygens (including phenoxy) is 3. The molecule has 1 fully saturated rings. The molecule has 0 radical (unpaired) electrons. The van der Waals surface area contributed by atoms with E-state index in [1.165, 1.54) is 0 Å². The SMILES string of the molecule is COc1ccnc(-c2cc(NC(C)/C=C(/O[C@@H]3COCC3(C)C)c3cnn(C)c3N)n(C)n2)n1. The quantitative estimate of drug-likeness (QED) is 0.479. The minimum Gasteiger partial charge on any atom is -0.487 e. The van der Waals surface area contributed by atoms with Crippen molar-refractivity contribution in [2.45, 2.75) is 32.9 Å². The van der Waals surface area contributed by atoms with Gasteiger partial charge < -0.3 is 25.3 Å². The Morgan fingerprint density at radius 1 is 1.35 bits per heavy atom. The van der Waals surface area contributed by atoms with E-state index in [-0.39, 0.29) is 17.6 Å². The van der Waals surface area contributed by atoms with Crippen LogP contribution >= 0.6 is 0 Å². The van der Waals surface area contributed by atoms with Crippen LogP contribution in [0.3, 0.4) is 0 Å². The van der Waals surface area contributed by atoms with Crippen LogP contribution in [0.1, 0.15) is 26.3 Å². The number of hydrogen-bond donors (Lipinski definition) is 2. The van der Waals surface area contributed by atoms with Gasteiger partial charge in [-0.25, -0.2) is 4.98 Å². The molecule has 3 aromatic rings.